The fourth-order valence-electron chi connectivity index (χ4n) is 1.86. The zero-order chi connectivity index (χ0) is 21.8. The van der Waals surface area contributed by atoms with Gasteiger partial charge in [-0.05, 0) is 67.8 Å². The summed E-state index contributed by atoms with van der Waals surface area (Å²) in [6, 6.07) is 0. The van der Waals surface area contributed by atoms with E-state index >= 15 is 0 Å². The zero-order valence-electron chi connectivity index (χ0n) is 13.8. The topological polar surface area (TPSA) is 202 Å². The summed E-state index contributed by atoms with van der Waals surface area (Å²) in [4.78, 5) is 35.5. The van der Waals surface area contributed by atoms with E-state index < -0.39 is 49.2 Å². The minimum absolute atomic E-state index is 0.0170. The van der Waals surface area contributed by atoms with Gasteiger partial charge in [0, 0.05) is 12.7 Å². The van der Waals surface area contributed by atoms with Gasteiger partial charge in [0.1, 0.15) is 0 Å². The largest absolute Gasteiger partial charge is 0.393 e. The van der Waals surface area contributed by atoms with Crippen LogP contribution in [0.2, 0.25) is 0 Å². The van der Waals surface area contributed by atoms with Crippen molar-refractivity contribution in [3.8, 4) is 0 Å². The van der Waals surface area contributed by atoms with Crippen LogP contribution in [0.15, 0.2) is 0 Å². The van der Waals surface area contributed by atoms with Gasteiger partial charge in [-0.2, -0.15) is 0 Å². The molecule has 14 heteroatoms. The summed E-state index contributed by atoms with van der Waals surface area (Å²) in [5, 5.41) is 51.7. The van der Waals surface area contributed by atoms with Crippen LogP contribution in [0.25, 0.3) is 0 Å². The van der Waals surface area contributed by atoms with Crippen LogP contribution in [0.4, 0.5) is 11.4 Å². The highest BCUT2D eigenvalue weighted by atomic mass is 127. The molecule has 11 nitrogen and oxygen atoms in total. The lowest BCUT2D eigenvalue weighted by Crippen LogP contribution is -2.33. The van der Waals surface area contributed by atoms with E-state index in [2.05, 4.69) is 10.6 Å². The maximum Gasteiger partial charge on any atom is 0.255 e. The fraction of sp³-hybridized carbons (Fsp3) is 0.357. The predicted octanol–water partition coefficient (Wildman–Crippen LogP) is -1.40. The summed E-state index contributed by atoms with van der Waals surface area (Å²) in [7, 11) is 0. The van der Waals surface area contributed by atoms with E-state index in [9.17, 15) is 29.7 Å². The summed E-state index contributed by atoms with van der Waals surface area (Å²) in [5.41, 5.74) is 5.21. The van der Waals surface area contributed by atoms with E-state index in [0.717, 1.165) is 0 Å². The Labute approximate surface area is 199 Å². The molecule has 1 rings (SSSR count). The lowest BCUT2D eigenvalue weighted by Gasteiger charge is -2.23. The summed E-state index contributed by atoms with van der Waals surface area (Å²) >= 11 is 5.25. The number of hydrogen-bond donors (Lipinski definition) is 8. The van der Waals surface area contributed by atoms with Crippen LogP contribution in [-0.2, 0) is 14.4 Å². The normalized spacial score (nSPS) is 14.1. The van der Waals surface area contributed by atoms with E-state index in [-0.39, 0.29) is 27.6 Å². The number of anilines is 2. The van der Waals surface area contributed by atoms with Crippen molar-refractivity contribution in [2.24, 2.45) is 5.73 Å². The molecular weight excluding hydrogens is 719 g/mol. The molecular formula is C14H16I3N3O8. The Balaban J connectivity index is 3.64. The van der Waals surface area contributed by atoms with Gasteiger partial charge in [0.2, 0.25) is 0 Å². The van der Waals surface area contributed by atoms with E-state index in [1.165, 1.54) is 0 Å². The van der Waals surface area contributed by atoms with Crippen molar-refractivity contribution in [2.45, 2.75) is 18.3 Å². The first-order valence-electron chi connectivity index (χ1n) is 7.35. The van der Waals surface area contributed by atoms with Crippen LogP contribution < -0.4 is 16.4 Å². The Morgan fingerprint density at radius 3 is 1.46 bits per heavy atom. The van der Waals surface area contributed by atoms with Crippen LogP contribution in [-0.4, -0.2) is 68.7 Å². The van der Waals surface area contributed by atoms with E-state index in [1.807, 2.05) is 0 Å². The molecule has 9 N–H and O–H groups in total. The molecule has 0 aliphatic heterocycles. The zero-order valence-corrected chi connectivity index (χ0v) is 20.3. The highest BCUT2D eigenvalue weighted by Crippen LogP contribution is 2.41. The number of amides is 3. The molecule has 0 spiro atoms. The van der Waals surface area contributed by atoms with Crippen molar-refractivity contribution in [2.75, 3.05) is 23.8 Å². The summed E-state index contributed by atoms with van der Waals surface area (Å²) in [6.07, 6.45) is -5.25. The molecule has 28 heavy (non-hydrogen) atoms. The summed E-state index contributed by atoms with van der Waals surface area (Å²) in [5.74, 6) is -3.02. The maximum absolute atomic E-state index is 12.0. The third kappa shape index (κ3) is 5.83. The second-order valence-electron chi connectivity index (χ2n) is 5.29. The number of nitrogens with one attached hydrogen (secondary N) is 2. The van der Waals surface area contributed by atoms with Crippen molar-refractivity contribution in [1.29, 1.82) is 0 Å². The molecule has 0 bridgehead atoms. The molecule has 0 aliphatic carbocycles. The molecule has 0 aliphatic rings. The fourth-order valence-corrected chi connectivity index (χ4v) is 6.16. The number of halogens is 3. The minimum atomic E-state index is -1.78. The van der Waals surface area contributed by atoms with Crippen molar-refractivity contribution < 1.29 is 39.9 Å². The number of hydrogen-bond acceptors (Lipinski definition) is 8. The van der Waals surface area contributed by atoms with Gasteiger partial charge in [-0.25, -0.2) is 0 Å². The van der Waals surface area contributed by atoms with Gasteiger partial charge in [-0.3, -0.25) is 14.4 Å². The molecule has 3 amide bonds. The Morgan fingerprint density at radius 1 is 0.821 bits per heavy atom. The molecule has 0 fully saturated rings. The molecule has 3 atom stereocenters. The first-order valence-corrected chi connectivity index (χ1v) is 10.6. The van der Waals surface area contributed by atoms with Gasteiger partial charge < -0.3 is 41.9 Å². The van der Waals surface area contributed by atoms with E-state index in [0.29, 0.717) is 0 Å². The van der Waals surface area contributed by atoms with Gasteiger partial charge in [-0.1, -0.05) is 0 Å². The lowest BCUT2D eigenvalue weighted by molar-refractivity contribution is -0.126. The molecule has 3 unspecified atom stereocenters. The molecule has 0 saturated heterocycles. The Kier molecular flexibility index (Phi) is 10.2. The van der Waals surface area contributed by atoms with E-state index in [4.69, 9.17) is 15.9 Å². The Hall–Kier alpha value is -0.380. The third-order valence-corrected chi connectivity index (χ3v) is 6.66. The van der Waals surface area contributed by atoms with Crippen LogP contribution >= 0.6 is 67.8 Å². The predicted molar refractivity (Wildman–Crippen MR) is 122 cm³/mol. The molecule has 0 aromatic heterocycles. The van der Waals surface area contributed by atoms with Crippen LogP contribution in [0.5, 0.6) is 0 Å². The van der Waals surface area contributed by atoms with Crippen molar-refractivity contribution in [3.05, 3.63) is 16.3 Å². The number of aliphatic hydroxyl groups excluding tert-OH is 5. The number of aliphatic hydroxyl groups is 5. The maximum atomic E-state index is 12.0. The quantitative estimate of drug-likeness (QED) is 0.149. The second-order valence-corrected chi connectivity index (χ2v) is 8.52. The van der Waals surface area contributed by atoms with Crippen molar-refractivity contribution in [1.82, 2.24) is 0 Å². The molecule has 1 aromatic carbocycles. The monoisotopic (exact) mass is 735 g/mol. The highest BCUT2D eigenvalue weighted by molar-refractivity contribution is 14.1. The molecule has 156 valence electrons. The van der Waals surface area contributed by atoms with Crippen LogP contribution in [0.3, 0.4) is 0 Å². The molecule has 0 radical (unpaired) electrons. The Morgan fingerprint density at radius 2 is 1.18 bits per heavy atom. The average molecular weight is 735 g/mol. The summed E-state index contributed by atoms with van der Waals surface area (Å²) in [6.45, 7) is -1.68. The first-order chi connectivity index (χ1) is 13.0. The van der Waals surface area contributed by atoms with Crippen LogP contribution in [0.1, 0.15) is 11.7 Å². The Bertz CT molecular complexity index is 741. The number of carbonyl (C=O) groups excluding carboxylic acids is 3. The molecule has 0 saturated carbocycles. The first kappa shape index (κ1) is 25.7. The summed E-state index contributed by atoms with van der Waals surface area (Å²) < 4.78 is 0.651. The standard InChI is InChI=1S/C14H16I3N3O8/c15-6-5(11(25)12(18)26)7(16)10(20-14(28)4(24)2-22)8(17)9(6)19-13(27)3(23)1-21/h3-4,11,21-25H,1-2H2,(H2,18,26)(H,19,27)(H,20,28). The van der Waals surface area contributed by atoms with Gasteiger partial charge in [0.05, 0.1) is 28.2 Å². The van der Waals surface area contributed by atoms with Gasteiger partial charge >= 0.3 is 0 Å². The van der Waals surface area contributed by atoms with Gasteiger partial charge in [0.25, 0.3) is 17.7 Å². The molecule has 1 aromatic rings. The number of rotatable bonds is 8. The number of primary amides is 1. The SMILES string of the molecule is NC(=O)C(O)c1c(I)c(NC(=O)C(O)CO)c(I)c(NC(=O)C(O)CO)c1I. The lowest BCUT2D eigenvalue weighted by atomic mass is 10.1. The van der Waals surface area contributed by atoms with Crippen molar-refractivity contribution in [3.63, 3.8) is 0 Å². The average Bonchev–Trinajstić information content (AvgIpc) is 2.66. The smallest absolute Gasteiger partial charge is 0.255 e. The number of benzene rings is 1. The van der Waals surface area contributed by atoms with Crippen molar-refractivity contribution >= 4 is 96.9 Å². The number of nitrogens with two attached hydrogens (primary N) is 1. The van der Waals surface area contributed by atoms with Crippen LogP contribution in [0, 0.1) is 10.7 Å². The molecule has 0 heterocycles. The van der Waals surface area contributed by atoms with Gasteiger partial charge in [0.15, 0.2) is 18.3 Å². The van der Waals surface area contributed by atoms with E-state index in [1.54, 1.807) is 67.8 Å². The third-order valence-electron chi connectivity index (χ3n) is 3.34. The van der Waals surface area contributed by atoms with Gasteiger partial charge in [-0.15, -0.1) is 0 Å². The second kappa shape index (κ2) is 11.1. The minimum Gasteiger partial charge on any atom is -0.393 e. The highest BCUT2D eigenvalue weighted by Gasteiger charge is 2.30. The number of carbonyl (C=O) groups is 3.